The first-order chi connectivity index (χ1) is 15.0. The fraction of sp³-hybridized carbons (Fsp3) is 0.409. The number of nitrogens with zero attached hydrogens (tertiary/aromatic N) is 3. The fourth-order valence-corrected chi connectivity index (χ4v) is 3.78. The summed E-state index contributed by atoms with van der Waals surface area (Å²) in [6.45, 7) is 4.44. The summed E-state index contributed by atoms with van der Waals surface area (Å²) in [5.41, 5.74) is 7.78. The average molecular weight is 425 g/mol. The SMILES string of the molecule is CC1(CO)CCc2cc(NC(=O)C(=CN)c3ncccn3)c(N3CCOCC3)cc2O1. The molecule has 1 saturated heterocycles. The van der Waals surface area contributed by atoms with Gasteiger partial charge in [0.1, 0.15) is 11.4 Å². The van der Waals surface area contributed by atoms with Crippen LogP contribution in [0.15, 0.2) is 36.8 Å². The number of morpholine rings is 1. The second-order valence-electron chi connectivity index (χ2n) is 7.89. The molecule has 1 aromatic heterocycles. The van der Waals surface area contributed by atoms with Crippen molar-refractivity contribution in [1.82, 2.24) is 9.97 Å². The van der Waals surface area contributed by atoms with Gasteiger partial charge in [-0.15, -0.1) is 0 Å². The lowest BCUT2D eigenvalue weighted by atomic mass is 9.92. The molecular formula is C22H27N5O4. The monoisotopic (exact) mass is 425 g/mol. The van der Waals surface area contributed by atoms with Gasteiger partial charge < -0.3 is 30.5 Å². The van der Waals surface area contributed by atoms with Gasteiger partial charge in [-0.2, -0.15) is 0 Å². The predicted octanol–water partition coefficient (Wildman–Crippen LogP) is 1.33. The molecule has 0 saturated carbocycles. The maximum absolute atomic E-state index is 13.0. The summed E-state index contributed by atoms with van der Waals surface area (Å²) in [6, 6.07) is 5.55. The summed E-state index contributed by atoms with van der Waals surface area (Å²) in [5, 5.41) is 12.7. The first-order valence-corrected chi connectivity index (χ1v) is 10.3. The molecule has 4 N–H and O–H groups in total. The number of nitrogens with one attached hydrogen (secondary N) is 1. The number of carbonyl (C=O) groups is 1. The van der Waals surface area contributed by atoms with Gasteiger partial charge in [-0.05, 0) is 37.5 Å². The molecule has 164 valence electrons. The number of carbonyl (C=O) groups excluding carboxylic acids is 1. The van der Waals surface area contributed by atoms with Crippen LogP contribution in [0.2, 0.25) is 0 Å². The number of hydrogen-bond acceptors (Lipinski definition) is 8. The highest BCUT2D eigenvalue weighted by atomic mass is 16.5. The number of aryl methyl sites for hydroxylation is 1. The summed E-state index contributed by atoms with van der Waals surface area (Å²) in [5.74, 6) is 0.596. The molecule has 1 fully saturated rings. The van der Waals surface area contributed by atoms with Crippen LogP contribution < -0.4 is 20.7 Å². The van der Waals surface area contributed by atoms with Gasteiger partial charge >= 0.3 is 0 Å². The molecule has 0 bridgehead atoms. The van der Waals surface area contributed by atoms with Crippen molar-refractivity contribution in [1.29, 1.82) is 0 Å². The smallest absolute Gasteiger partial charge is 0.261 e. The Bertz CT molecular complexity index is 975. The third-order valence-corrected chi connectivity index (χ3v) is 5.61. The third kappa shape index (κ3) is 4.47. The zero-order valence-electron chi connectivity index (χ0n) is 17.5. The molecule has 0 spiro atoms. The Kier molecular flexibility index (Phi) is 6.06. The second kappa shape index (κ2) is 8.91. The largest absolute Gasteiger partial charge is 0.485 e. The normalized spacial score (nSPS) is 21.2. The van der Waals surface area contributed by atoms with Gasteiger partial charge in [-0.1, -0.05) is 0 Å². The lowest BCUT2D eigenvalue weighted by Gasteiger charge is -2.36. The number of nitrogens with two attached hydrogens (primary N) is 1. The topological polar surface area (TPSA) is 123 Å². The van der Waals surface area contributed by atoms with Gasteiger partial charge in [0.25, 0.3) is 5.91 Å². The van der Waals surface area contributed by atoms with Gasteiger partial charge in [0, 0.05) is 37.7 Å². The van der Waals surface area contributed by atoms with E-state index in [0.717, 1.165) is 23.4 Å². The Morgan fingerprint density at radius 2 is 2.06 bits per heavy atom. The molecule has 2 aliphatic heterocycles. The van der Waals surface area contributed by atoms with Crippen LogP contribution in [-0.2, 0) is 16.0 Å². The van der Waals surface area contributed by atoms with Crippen molar-refractivity contribution in [3.63, 3.8) is 0 Å². The maximum atomic E-state index is 13.0. The highest BCUT2D eigenvalue weighted by Gasteiger charge is 2.32. The van der Waals surface area contributed by atoms with Crippen molar-refractivity contribution in [2.75, 3.05) is 43.1 Å². The Labute approximate surface area is 180 Å². The first kappa shape index (κ1) is 21.1. The van der Waals surface area contributed by atoms with Crippen molar-refractivity contribution in [2.45, 2.75) is 25.4 Å². The molecule has 1 atom stereocenters. The molecule has 31 heavy (non-hydrogen) atoms. The molecule has 1 amide bonds. The molecule has 9 heteroatoms. The van der Waals surface area contributed by atoms with E-state index in [1.165, 1.54) is 6.20 Å². The molecule has 0 radical (unpaired) electrons. The fourth-order valence-electron chi connectivity index (χ4n) is 3.78. The number of aliphatic hydroxyl groups excluding tert-OH is 1. The summed E-state index contributed by atoms with van der Waals surface area (Å²) in [4.78, 5) is 23.5. The van der Waals surface area contributed by atoms with E-state index in [9.17, 15) is 9.90 Å². The van der Waals surface area contributed by atoms with Gasteiger partial charge in [-0.25, -0.2) is 9.97 Å². The zero-order chi connectivity index (χ0) is 21.8. The van der Waals surface area contributed by atoms with Gasteiger partial charge in [0.2, 0.25) is 0 Å². The van der Waals surface area contributed by atoms with Crippen LogP contribution in [0, 0.1) is 0 Å². The molecule has 4 rings (SSSR count). The number of amides is 1. The molecule has 1 aromatic carbocycles. The number of benzene rings is 1. The summed E-state index contributed by atoms with van der Waals surface area (Å²) in [6.07, 6.45) is 5.76. The standard InChI is InChI=1S/C22H27N5O4/c1-22(14-28)4-3-15-11-17(18(12-19(15)31-22)27-7-9-30-10-8-27)26-21(29)16(13-23)20-24-5-2-6-25-20/h2,5-6,11-13,28H,3-4,7-10,14,23H2,1H3,(H,26,29). The summed E-state index contributed by atoms with van der Waals surface area (Å²) < 4.78 is 11.6. The minimum Gasteiger partial charge on any atom is -0.485 e. The number of hydrogen-bond donors (Lipinski definition) is 3. The van der Waals surface area contributed by atoms with E-state index < -0.39 is 5.60 Å². The summed E-state index contributed by atoms with van der Waals surface area (Å²) in [7, 11) is 0. The number of aliphatic hydroxyl groups is 1. The Morgan fingerprint density at radius 3 is 2.74 bits per heavy atom. The van der Waals surface area contributed by atoms with E-state index in [0.29, 0.717) is 38.4 Å². The average Bonchev–Trinajstić information content (AvgIpc) is 2.80. The van der Waals surface area contributed by atoms with E-state index in [1.54, 1.807) is 18.5 Å². The lowest BCUT2D eigenvalue weighted by Crippen LogP contribution is -2.40. The molecule has 1 unspecified atom stereocenters. The number of rotatable bonds is 5. The number of aromatic nitrogens is 2. The Hall–Kier alpha value is -3.17. The van der Waals surface area contributed by atoms with E-state index in [-0.39, 0.29) is 23.9 Å². The van der Waals surface area contributed by atoms with Crippen LogP contribution in [0.4, 0.5) is 11.4 Å². The maximum Gasteiger partial charge on any atom is 0.261 e. The van der Waals surface area contributed by atoms with Crippen LogP contribution in [0.25, 0.3) is 5.57 Å². The highest BCUT2D eigenvalue weighted by Crippen LogP contribution is 2.40. The molecule has 3 heterocycles. The van der Waals surface area contributed by atoms with Crippen LogP contribution in [0.5, 0.6) is 5.75 Å². The van der Waals surface area contributed by atoms with E-state index in [2.05, 4.69) is 20.2 Å². The highest BCUT2D eigenvalue weighted by molar-refractivity contribution is 6.24. The van der Waals surface area contributed by atoms with Crippen LogP contribution in [-0.4, -0.2) is 59.5 Å². The summed E-state index contributed by atoms with van der Waals surface area (Å²) >= 11 is 0. The molecule has 0 aliphatic carbocycles. The first-order valence-electron chi connectivity index (χ1n) is 10.3. The van der Waals surface area contributed by atoms with Crippen molar-refractivity contribution < 1.29 is 19.4 Å². The van der Waals surface area contributed by atoms with Gasteiger partial charge in [0.05, 0.1) is 36.8 Å². The van der Waals surface area contributed by atoms with Crippen molar-refractivity contribution in [3.8, 4) is 5.75 Å². The lowest BCUT2D eigenvalue weighted by molar-refractivity contribution is -0.111. The van der Waals surface area contributed by atoms with Crippen molar-refractivity contribution in [3.05, 3.63) is 48.2 Å². The van der Waals surface area contributed by atoms with E-state index in [4.69, 9.17) is 15.2 Å². The van der Waals surface area contributed by atoms with Crippen LogP contribution in [0.3, 0.4) is 0 Å². The van der Waals surface area contributed by atoms with Crippen molar-refractivity contribution >= 4 is 22.9 Å². The number of anilines is 2. The van der Waals surface area contributed by atoms with Crippen LogP contribution in [0.1, 0.15) is 24.7 Å². The quantitative estimate of drug-likeness (QED) is 0.613. The molecule has 9 nitrogen and oxygen atoms in total. The predicted molar refractivity (Wildman–Crippen MR) is 117 cm³/mol. The number of fused-ring (bicyclic) bond motifs is 1. The van der Waals surface area contributed by atoms with Crippen molar-refractivity contribution in [2.24, 2.45) is 5.73 Å². The Balaban J connectivity index is 1.68. The van der Waals surface area contributed by atoms with Gasteiger partial charge in [0.15, 0.2) is 5.82 Å². The van der Waals surface area contributed by atoms with Crippen LogP contribution >= 0.6 is 0 Å². The minimum atomic E-state index is -0.611. The van der Waals surface area contributed by atoms with E-state index in [1.807, 2.05) is 19.1 Å². The molecular weight excluding hydrogens is 398 g/mol. The van der Waals surface area contributed by atoms with Gasteiger partial charge in [-0.3, -0.25) is 4.79 Å². The second-order valence-corrected chi connectivity index (χ2v) is 7.89. The molecule has 2 aliphatic rings. The van der Waals surface area contributed by atoms with E-state index >= 15 is 0 Å². The third-order valence-electron chi connectivity index (χ3n) is 5.61. The Morgan fingerprint density at radius 1 is 1.32 bits per heavy atom. The number of ether oxygens (including phenoxy) is 2. The minimum absolute atomic E-state index is 0.0560. The molecule has 2 aromatic rings. The zero-order valence-corrected chi connectivity index (χ0v) is 17.5.